The molecule has 6 nitrogen and oxygen atoms in total. The standard InChI is InChI=1S/C17H28O6/c1-13(15(18)19)10-8-6-4-3-5-7-9-11-17(22,23)12-14(2)16(20)21/h10,12,22-23H,3-9,11H2,1-2H3,(H,18,19)(H,20,21). The third-order valence-electron chi connectivity index (χ3n) is 3.57. The van der Waals surface area contributed by atoms with Gasteiger partial charge in [-0.25, -0.2) is 9.59 Å². The normalized spacial score (nSPS) is 13.2. The van der Waals surface area contributed by atoms with Crippen LogP contribution in [0.1, 0.15) is 65.2 Å². The molecule has 0 rings (SSSR count). The third kappa shape index (κ3) is 11.5. The van der Waals surface area contributed by atoms with E-state index in [2.05, 4.69) is 0 Å². The van der Waals surface area contributed by atoms with Gasteiger partial charge in [-0.15, -0.1) is 0 Å². The van der Waals surface area contributed by atoms with E-state index in [9.17, 15) is 19.8 Å². The van der Waals surface area contributed by atoms with Gasteiger partial charge in [0.15, 0.2) is 5.79 Å². The Kier molecular flexibility index (Phi) is 10.2. The van der Waals surface area contributed by atoms with Gasteiger partial charge < -0.3 is 20.4 Å². The van der Waals surface area contributed by atoms with Gasteiger partial charge in [-0.3, -0.25) is 0 Å². The van der Waals surface area contributed by atoms with Crippen molar-refractivity contribution in [2.75, 3.05) is 0 Å². The van der Waals surface area contributed by atoms with E-state index in [1.54, 1.807) is 13.0 Å². The molecule has 0 amide bonds. The third-order valence-corrected chi connectivity index (χ3v) is 3.57. The molecule has 0 spiro atoms. The number of unbranched alkanes of at least 4 members (excludes halogenated alkanes) is 6. The lowest BCUT2D eigenvalue weighted by Gasteiger charge is -2.17. The van der Waals surface area contributed by atoms with Gasteiger partial charge in [0.1, 0.15) is 0 Å². The van der Waals surface area contributed by atoms with Gasteiger partial charge in [-0.05, 0) is 39.2 Å². The summed E-state index contributed by atoms with van der Waals surface area (Å²) >= 11 is 0. The lowest BCUT2D eigenvalue weighted by molar-refractivity contribution is -0.136. The minimum absolute atomic E-state index is 0.0836. The highest BCUT2D eigenvalue weighted by Gasteiger charge is 2.20. The van der Waals surface area contributed by atoms with E-state index in [0.717, 1.165) is 44.6 Å². The quantitative estimate of drug-likeness (QED) is 0.249. The second-order valence-electron chi connectivity index (χ2n) is 5.86. The van der Waals surface area contributed by atoms with E-state index in [1.165, 1.54) is 6.92 Å². The number of rotatable bonds is 12. The maximum Gasteiger partial charge on any atom is 0.331 e. The van der Waals surface area contributed by atoms with Crippen LogP contribution >= 0.6 is 0 Å². The molecular formula is C17H28O6. The summed E-state index contributed by atoms with van der Waals surface area (Å²) in [6.45, 7) is 2.91. The maximum atomic E-state index is 10.6. The Bertz CT molecular complexity index is 448. The Morgan fingerprint density at radius 2 is 1.30 bits per heavy atom. The van der Waals surface area contributed by atoms with Crippen molar-refractivity contribution in [3.8, 4) is 0 Å². The molecule has 0 aliphatic rings. The summed E-state index contributed by atoms with van der Waals surface area (Å²) in [4.78, 5) is 21.2. The Balaban J connectivity index is 3.74. The number of carboxylic acids is 2. The minimum atomic E-state index is -2.07. The molecule has 0 saturated carbocycles. The molecule has 0 aromatic carbocycles. The summed E-state index contributed by atoms with van der Waals surface area (Å²) in [5.41, 5.74) is 0.289. The van der Waals surface area contributed by atoms with Gasteiger partial charge in [0, 0.05) is 17.6 Å². The predicted octanol–water partition coefficient (Wildman–Crippen LogP) is 2.85. The molecule has 0 radical (unpaired) electrons. The first-order chi connectivity index (χ1) is 10.7. The smallest absolute Gasteiger partial charge is 0.331 e. The molecule has 0 atom stereocenters. The summed E-state index contributed by atoms with van der Waals surface area (Å²) in [7, 11) is 0. The molecule has 0 aliphatic heterocycles. The largest absolute Gasteiger partial charge is 0.478 e. The SMILES string of the molecule is CC(=CCCCCCCCCC(O)(O)C=C(C)C(=O)O)C(=O)O. The Morgan fingerprint density at radius 1 is 0.826 bits per heavy atom. The molecule has 0 bridgehead atoms. The molecule has 6 heteroatoms. The first-order valence-corrected chi connectivity index (χ1v) is 7.93. The van der Waals surface area contributed by atoms with Crippen LogP contribution in [0, 0.1) is 0 Å². The molecular weight excluding hydrogens is 300 g/mol. The number of carbonyl (C=O) groups is 2. The topological polar surface area (TPSA) is 115 Å². The number of hydrogen-bond acceptors (Lipinski definition) is 4. The van der Waals surface area contributed by atoms with E-state index in [4.69, 9.17) is 10.2 Å². The fourth-order valence-corrected chi connectivity index (χ4v) is 2.12. The summed E-state index contributed by atoms with van der Waals surface area (Å²) < 4.78 is 0. The zero-order valence-corrected chi connectivity index (χ0v) is 13.9. The Labute approximate surface area is 137 Å². The van der Waals surface area contributed by atoms with Crippen LogP contribution < -0.4 is 0 Å². The molecule has 23 heavy (non-hydrogen) atoms. The van der Waals surface area contributed by atoms with Gasteiger partial charge >= 0.3 is 11.9 Å². The van der Waals surface area contributed by atoms with Gasteiger partial charge in [-0.1, -0.05) is 31.8 Å². The molecule has 0 heterocycles. The number of aliphatic carboxylic acids is 2. The molecule has 0 unspecified atom stereocenters. The first kappa shape index (κ1) is 21.3. The second kappa shape index (κ2) is 11.0. The fraction of sp³-hybridized carbons (Fsp3) is 0.647. The lowest BCUT2D eigenvalue weighted by atomic mass is 10.0. The number of hydrogen-bond donors (Lipinski definition) is 4. The van der Waals surface area contributed by atoms with Crippen LogP contribution in [0.2, 0.25) is 0 Å². The Hall–Kier alpha value is -1.66. The zero-order chi connectivity index (χ0) is 17.9. The van der Waals surface area contributed by atoms with Crippen LogP contribution in [0.5, 0.6) is 0 Å². The highest BCUT2D eigenvalue weighted by Crippen LogP contribution is 2.17. The van der Waals surface area contributed by atoms with E-state index in [0.29, 0.717) is 12.0 Å². The molecule has 0 saturated heterocycles. The molecule has 0 aliphatic carbocycles. The van der Waals surface area contributed by atoms with Crippen molar-refractivity contribution in [2.24, 2.45) is 0 Å². The fourth-order valence-electron chi connectivity index (χ4n) is 2.12. The van der Waals surface area contributed by atoms with Crippen molar-refractivity contribution >= 4 is 11.9 Å². The van der Waals surface area contributed by atoms with Crippen LogP contribution in [0.4, 0.5) is 0 Å². The highest BCUT2D eigenvalue weighted by molar-refractivity contribution is 5.86. The molecule has 0 aromatic rings. The number of aliphatic hydroxyl groups is 2. The molecule has 132 valence electrons. The van der Waals surface area contributed by atoms with E-state index < -0.39 is 17.7 Å². The van der Waals surface area contributed by atoms with Gasteiger partial charge in [0.05, 0.1) is 0 Å². The van der Waals surface area contributed by atoms with Crippen molar-refractivity contribution in [1.82, 2.24) is 0 Å². The van der Waals surface area contributed by atoms with Gasteiger partial charge in [0.25, 0.3) is 0 Å². The minimum Gasteiger partial charge on any atom is -0.478 e. The Morgan fingerprint density at radius 3 is 1.83 bits per heavy atom. The van der Waals surface area contributed by atoms with Crippen LogP contribution in [0.25, 0.3) is 0 Å². The summed E-state index contributed by atoms with van der Waals surface area (Å²) in [6, 6.07) is 0. The summed E-state index contributed by atoms with van der Waals surface area (Å²) in [6.07, 6.45) is 8.91. The van der Waals surface area contributed by atoms with Crippen molar-refractivity contribution in [2.45, 2.75) is 71.0 Å². The van der Waals surface area contributed by atoms with E-state index in [1.807, 2.05) is 0 Å². The lowest BCUT2D eigenvalue weighted by Crippen LogP contribution is -2.26. The average molecular weight is 328 g/mol. The van der Waals surface area contributed by atoms with Crippen LogP contribution in [0.15, 0.2) is 23.3 Å². The van der Waals surface area contributed by atoms with Gasteiger partial charge in [-0.2, -0.15) is 0 Å². The van der Waals surface area contributed by atoms with Gasteiger partial charge in [0.2, 0.25) is 0 Å². The average Bonchev–Trinajstić information content (AvgIpc) is 2.44. The highest BCUT2D eigenvalue weighted by atomic mass is 16.5. The predicted molar refractivity (Wildman–Crippen MR) is 86.9 cm³/mol. The van der Waals surface area contributed by atoms with Crippen molar-refractivity contribution in [3.63, 3.8) is 0 Å². The molecule has 0 aromatic heterocycles. The zero-order valence-electron chi connectivity index (χ0n) is 13.9. The summed E-state index contributed by atoms with van der Waals surface area (Å²) in [5, 5.41) is 36.7. The van der Waals surface area contributed by atoms with Crippen molar-refractivity contribution in [3.05, 3.63) is 23.3 Å². The summed E-state index contributed by atoms with van der Waals surface area (Å²) in [5.74, 6) is -4.11. The molecule has 0 fully saturated rings. The number of carboxylic acid groups (broad SMARTS) is 2. The maximum absolute atomic E-state index is 10.6. The van der Waals surface area contributed by atoms with Crippen LogP contribution in [-0.2, 0) is 9.59 Å². The van der Waals surface area contributed by atoms with Crippen LogP contribution in [0.3, 0.4) is 0 Å². The number of allylic oxidation sites excluding steroid dienone is 1. The second-order valence-corrected chi connectivity index (χ2v) is 5.86. The van der Waals surface area contributed by atoms with Crippen molar-refractivity contribution in [1.29, 1.82) is 0 Å². The van der Waals surface area contributed by atoms with E-state index >= 15 is 0 Å². The molecule has 4 N–H and O–H groups in total. The van der Waals surface area contributed by atoms with Crippen molar-refractivity contribution < 1.29 is 30.0 Å². The first-order valence-electron chi connectivity index (χ1n) is 7.93. The van der Waals surface area contributed by atoms with E-state index in [-0.39, 0.29) is 12.0 Å². The monoisotopic (exact) mass is 328 g/mol. The van der Waals surface area contributed by atoms with Crippen LogP contribution in [-0.4, -0.2) is 38.2 Å².